The van der Waals surface area contributed by atoms with Crippen LogP contribution in [0.15, 0.2) is 0 Å². The quantitative estimate of drug-likeness (QED) is 0.128. The molecular formula is C27H49N5O3S. The summed E-state index contributed by atoms with van der Waals surface area (Å²) in [4.78, 5) is 28.5. The normalized spacial score (nSPS) is 23.3. The lowest BCUT2D eigenvalue weighted by atomic mass is 9.77. The van der Waals surface area contributed by atoms with Crippen molar-refractivity contribution in [2.45, 2.75) is 104 Å². The molecule has 1 saturated heterocycles. The van der Waals surface area contributed by atoms with Crippen LogP contribution in [0.1, 0.15) is 92.4 Å². The fraction of sp³-hybridized carbons (Fsp3) is 0.852. The van der Waals surface area contributed by atoms with E-state index < -0.39 is 12.1 Å². The molecule has 1 heterocycles. The second-order valence-corrected chi connectivity index (χ2v) is 12.2. The summed E-state index contributed by atoms with van der Waals surface area (Å²) in [5.74, 6) is 1.33. The van der Waals surface area contributed by atoms with Crippen molar-refractivity contribution in [2.75, 3.05) is 19.7 Å². The second kappa shape index (κ2) is 14.1. The number of nitrogens with zero attached hydrogens (tertiary/aromatic N) is 1. The minimum atomic E-state index is -0.450. The van der Waals surface area contributed by atoms with E-state index in [0.29, 0.717) is 36.5 Å². The predicted molar refractivity (Wildman–Crippen MR) is 149 cm³/mol. The Morgan fingerprint density at radius 3 is 2.44 bits per heavy atom. The molecule has 2 rings (SSSR count). The summed E-state index contributed by atoms with van der Waals surface area (Å²) in [6.45, 7) is 12.4. The van der Waals surface area contributed by atoms with Crippen LogP contribution < -0.4 is 16.4 Å². The Morgan fingerprint density at radius 2 is 1.86 bits per heavy atom. The molecule has 2 fully saturated rings. The summed E-state index contributed by atoms with van der Waals surface area (Å²) in [5, 5.41) is 13.9. The molecule has 1 saturated carbocycles. The topological polar surface area (TPSA) is 121 Å². The van der Waals surface area contributed by atoms with Crippen LogP contribution in [0.25, 0.3) is 0 Å². The molecule has 2 amide bonds. The molecule has 2 aliphatic rings. The number of likely N-dealkylation sites (tertiary alicyclic amines) is 1. The van der Waals surface area contributed by atoms with E-state index in [4.69, 9.17) is 28.1 Å². The van der Waals surface area contributed by atoms with E-state index >= 15 is 0 Å². The van der Waals surface area contributed by atoms with Crippen LogP contribution in [0.3, 0.4) is 0 Å². The Bertz CT molecular complexity index is 765. The van der Waals surface area contributed by atoms with Crippen molar-refractivity contribution in [3.63, 3.8) is 0 Å². The Hall–Kier alpha value is -1.90. The first-order valence-electron chi connectivity index (χ1n) is 13.8. The number of unbranched alkanes of at least 4 members (excludes halogenated alkanes) is 1. The van der Waals surface area contributed by atoms with Gasteiger partial charge in [0.25, 0.3) is 0 Å². The zero-order chi connectivity index (χ0) is 26.9. The van der Waals surface area contributed by atoms with Gasteiger partial charge in [0, 0.05) is 19.0 Å². The van der Waals surface area contributed by atoms with E-state index in [9.17, 15) is 9.59 Å². The van der Waals surface area contributed by atoms with Gasteiger partial charge in [-0.15, -0.1) is 0 Å². The standard InChI is InChI=1S/C27H49N5O3S/c1-6-7-15-35-26(34)31-22(27(4,5)16-18(2)3)25(36)32-14-8-9-21(32)24(33)30-17-19-10-12-20(13-11-19)23(28)29/h18-22H,6-17H2,1-5H3,(H3,28,29)(H,30,33)(H,31,34)/t19?,20?,21-,22+/m0/s1. The number of carbonyl (C=O) groups excluding carboxylic acids is 2. The number of nitrogens with two attached hydrogens (primary N) is 1. The lowest BCUT2D eigenvalue weighted by Crippen LogP contribution is -2.58. The molecule has 36 heavy (non-hydrogen) atoms. The van der Waals surface area contributed by atoms with Crippen LogP contribution in [0.5, 0.6) is 0 Å². The molecule has 0 aromatic rings. The van der Waals surface area contributed by atoms with E-state index in [1.54, 1.807) is 0 Å². The summed E-state index contributed by atoms with van der Waals surface area (Å²) in [6, 6.07) is -0.722. The minimum absolute atomic E-state index is 0.00878. The third-order valence-electron chi connectivity index (χ3n) is 7.65. The number of ether oxygens (including phenoxy) is 1. The lowest BCUT2D eigenvalue weighted by molar-refractivity contribution is -0.124. The fourth-order valence-electron chi connectivity index (χ4n) is 5.74. The molecule has 0 spiro atoms. The number of nitrogens with one attached hydrogen (secondary N) is 3. The SMILES string of the molecule is CCCCOC(=O)N[C@H](C(=S)N1CCC[C@H]1C(=O)NCC1CCC(C(=N)N)CC1)C(C)(C)CC(C)C. The molecule has 5 N–H and O–H groups in total. The first-order valence-corrected chi connectivity index (χ1v) is 14.2. The van der Waals surface area contributed by atoms with Gasteiger partial charge in [0.05, 0.1) is 18.5 Å². The van der Waals surface area contributed by atoms with Gasteiger partial charge in [-0.05, 0) is 68.6 Å². The van der Waals surface area contributed by atoms with E-state index in [-0.39, 0.29) is 29.1 Å². The van der Waals surface area contributed by atoms with E-state index in [0.717, 1.165) is 57.8 Å². The first kappa shape index (κ1) is 30.3. The maximum Gasteiger partial charge on any atom is 0.407 e. The molecule has 1 aliphatic heterocycles. The van der Waals surface area contributed by atoms with Crippen molar-refractivity contribution in [3.8, 4) is 0 Å². The van der Waals surface area contributed by atoms with Crippen LogP contribution >= 0.6 is 12.2 Å². The van der Waals surface area contributed by atoms with Crippen LogP contribution in [-0.4, -0.2) is 59.5 Å². The molecule has 1 aliphatic carbocycles. The van der Waals surface area contributed by atoms with Crippen molar-refractivity contribution in [3.05, 3.63) is 0 Å². The zero-order valence-electron chi connectivity index (χ0n) is 23.0. The maximum atomic E-state index is 13.2. The van der Waals surface area contributed by atoms with E-state index in [2.05, 4.69) is 45.3 Å². The van der Waals surface area contributed by atoms with Crippen molar-refractivity contribution >= 4 is 35.0 Å². The highest BCUT2D eigenvalue weighted by molar-refractivity contribution is 7.80. The van der Waals surface area contributed by atoms with Gasteiger partial charge in [-0.3, -0.25) is 10.2 Å². The Labute approximate surface area is 223 Å². The van der Waals surface area contributed by atoms with Gasteiger partial charge in [-0.1, -0.05) is 53.3 Å². The van der Waals surface area contributed by atoms with E-state index in [1.165, 1.54) is 0 Å². The third kappa shape index (κ3) is 8.89. The van der Waals surface area contributed by atoms with Gasteiger partial charge in [0.2, 0.25) is 5.91 Å². The number of hydrogen-bond donors (Lipinski definition) is 4. The van der Waals surface area contributed by atoms with Crippen molar-refractivity contribution in [1.82, 2.24) is 15.5 Å². The van der Waals surface area contributed by atoms with Gasteiger partial charge >= 0.3 is 6.09 Å². The molecule has 0 aromatic heterocycles. The summed E-state index contributed by atoms with van der Waals surface area (Å²) in [7, 11) is 0. The van der Waals surface area contributed by atoms with Gasteiger partial charge in [-0.2, -0.15) is 0 Å². The van der Waals surface area contributed by atoms with E-state index in [1.807, 2.05) is 4.90 Å². The number of thiocarbonyl (C=S) groups is 1. The van der Waals surface area contributed by atoms with Crippen LogP contribution in [0.2, 0.25) is 0 Å². The average molecular weight is 524 g/mol. The summed E-state index contributed by atoms with van der Waals surface area (Å²) < 4.78 is 5.40. The average Bonchev–Trinajstić information content (AvgIpc) is 3.30. The maximum absolute atomic E-state index is 13.2. The first-order chi connectivity index (χ1) is 17.0. The minimum Gasteiger partial charge on any atom is -0.450 e. The molecule has 0 radical (unpaired) electrons. The molecule has 0 aromatic carbocycles. The molecule has 206 valence electrons. The third-order valence-corrected chi connectivity index (χ3v) is 8.12. The second-order valence-electron chi connectivity index (χ2n) is 11.8. The molecule has 9 heteroatoms. The van der Waals surface area contributed by atoms with Gasteiger partial charge in [-0.25, -0.2) is 4.79 Å². The highest BCUT2D eigenvalue weighted by Gasteiger charge is 2.41. The lowest BCUT2D eigenvalue weighted by Gasteiger charge is -2.40. The predicted octanol–water partition coefficient (Wildman–Crippen LogP) is 4.60. The summed E-state index contributed by atoms with van der Waals surface area (Å²) in [5.41, 5.74) is 5.37. The molecule has 0 bridgehead atoms. The fourth-order valence-corrected chi connectivity index (χ4v) is 6.34. The van der Waals surface area contributed by atoms with Crippen LogP contribution in [-0.2, 0) is 9.53 Å². The highest BCUT2D eigenvalue weighted by atomic mass is 32.1. The smallest absolute Gasteiger partial charge is 0.407 e. The molecule has 0 unspecified atom stereocenters. The Morgan fingerprint density at radius 1 is 1.19 bits per heavy atom. The van der Waals surface area contributed by atoms with Crippen LogP contribution in [0, 0.1) is 28.6 Å². The number of carbonyl (C=O) groups is 2. The molecule has 8 nitrogen and oxygen atoms in total. The number of alkyl carbamates (subject to hydrolysis) is 1. The van der Waals surface area contributed by atoms with Crippen molar-refractivity contribution in [1.29, 1.82) is 5.41 Å². The van der Waals surface area contributed by atoms with Crippen molar-refractivity contribution in [2.24, 2.45) is 28.9 Å². The number of amides is 2. The van der Waals surface area contributed by atoms with Gasteiger partial charge in [0.15, 0.2) is 0 Å². The Kier molecular flexibility index (Phi) is 11.9. The Balaban J connectivity index is 2.04. The van der Waals surface area contributed by atoms with Gasteiger partial charge < -0.3 is 26.0 Å². The number of rotatable bonds is 12. The summed E-state index contributed by atoms with van der Waals surface area (Å²) >= 11 is 5.98. The zero-order valence-corrected chi connectivity index (χ0v) is 23.8. The highest BCUT2D eigenvalue weighted by Crippen LogP contribution is 2.33. The summed E-state index contributed by atoms with van der Waals surface area (Å²) in [6.07, 6.45) is 7.64. The van der Waals surface area contributed by atoms with Crippen LogP contribution in [0.4, 0.5) is 4.79 Å². The molecule has 2 atom stereocenters. The van der Waals surface area contributed by atoms with Gasteiger partial charge in [0.1, 0.15) is 11.0 Å². The number of hydrogen-bond acceptors (Lipinski definition) is 5. The van der Waals surface area contributed by atoms with Crippen molar-refractivity contribution < 1.29 is 14.3 Å². The largest absolute Gasteiger partial charge is 0.450 e. The monoisotopic (exact) mass is 523 g/mol. The molecular weight excluding hydrogens is 474 g/mol. The number of amidine groups is 1.